The number of rotatable bonds is 4. The van der Waals surface area contributed by atoms with Gasteiger partial charge in [0, 0.05) is 45.8 Å². The Morgan fingerprint density at radius 3 is 1.76 bits per heavy atom. The average Bonchev–Trinajstić information content (AvgIpc) is 2.90. The molecule has 0 atom stereocenters. The van der Waals surface area contributed by atoms with Crippen molar-refractivity contribution in [3.05, 3.63) is 128 Å². The topological polar surface area (TPSA) is 29.0 Å². The second kappa shape index (κ2) is 8.21. The summed E-state index contributed by atoms with van der Waals surface area (Å²) in [6.07, 6.45) is 3.76. The van der Waals surface area contributed by atoms with Crippen molar-refractivity contribution in [3.8, 4) is 11.1 Å². The van der Waals surface area contributed by atoms with Crippen LogP contribution in [0.15, 0.2) is 128 Å². The molecule has 0 aliphatic rings. The van der Waals surface area contributed by atoms with Crippen molar-refractivity contribution in [2.24, 2.45) is 0 Å². The average molecular weight is 424 g/mol. The monoisotopic (exact) mass is 423 g/mol. The highest BCUT2D eigenvalue weighted by molar-refractivity contribution is 6.03. The molecule has 0 unspecified atom stereocenters. The molecule has 0 aliphatic heterocycles. The molecule has 0 fully saturated rings. The number of hydrogen-bond donors (Lipinski definition) is 0. The molecule has 0 spiro atoms. The van der Waals surface area contributed by atoms with E-state index in [1.807, 2.05) is 30.6 Å². The van der Waals surface area contributed by atoms with Crippen molar-refractivity contribution in [2.45, 2.75) is 0 Å². The molecular formula is C30H21N3. The molecular weight excluding hydrogens is 402 g/mol. The van der Waals surface area contributed by atoms with E-state index in [-0.39, 0.29) is 0 Å². The predicted octanol–water partition coefficient (Wildman–Crippen LogP) is 7.92. The van der Waals surface area contributed by atoms with Gasteiger partial charge in [-0.2, -0.15) is 0 Å². The normalized spacial score (nSPS) is 11.0. The van der Waals surface area contributed by atoms with Gasteiger partial charge in [0.2, 0.25) is 0 Å². The van der Waals surface area contributed by atoms with Gasteiger partial charge >= 0.3 is 0 Å². The van der Waals surface area contributed by atoms with Crippen molar-refractivity contribution < 1.29 is 0 Å². The van der Waals surface area contributed by atoms with Gasteiger partial charge < -0.3 is 4.90 Å². The summed E-state index contributed by atoms with van der Waals surface area (Å²) in [5.41, 5.74) is 7.48. The molecule has 3 nitrogen and oxygen atoms in total. The largest absolute Gasteiger partial charge is 0.311 e. The molecule has 0 saturated carbocycles. The van der Waals surface area contributed by atoms with Gasteiger partial charge in [0.1, 0.15) is 0 Å². The molecule has 2 heterocycles. The molecule has 0 amide bonds. The van der Waals surface area contributed by atoms with Crippen LogP contribution in [0.25, 0.3) is 32.9 Å². The first kappa shape index (κ1) is 19.2. The van der Waals surface area contributed by atoms with Crippen molar-refractivity contribution in [1.82, 2.24) is 9.97 Å². The summed E-state index contributed by atoms with van der Waals surface area (Å²) in [5.74, 6) is 0. The molecule has 4 aromatic carbocycles. The lowest BCUT2D eigenvalue weighted by atomic mass is 10.0. The smallest absolute Gasteiger partial charge is 0.0964 e. The minimum Gasteiger partial charge on any atom is -0.311 e. The van der Waals surface area contributed by atoms with Crippen molar-refractivity contribution in [2.75, 3.05) is 4.90 Å². The quantitative estimate of drug-likeness (QED) is 0.270. The predicted molar refractivity (Wildman–Crippen MR) is 137 cm³/mol. The Bertz CT molecular complexity index is 1500. The van der Waals surface area contributed by atoms with Gasteiger partial charge in [0.25, 0.3) is 0 Å². The van der Waals surface area contributed by atoms with E-state index in [4.69, 9.17) is 4.98 Å². The first-order valence-corrected chi connectivity index (χ1v) is 11.0. The highest BCUT2D eigenvalue weighted by Crippen LogP contribution is 2.35. The van der Waals surface area contributed by atoms with Crippen LogP contribution in [0.2, 0.25) is 0 Å². The zero-order valence-corrected chi connectivity index (χ0v) is 18.0. The maximum absolute atomic E-state index is 4.77. The summed E-state index contributed by atoms with van der Waals surface area (Å²) >= 11 is 0. The van der Waals surface area contributed by atoms with E-state index >= 15 is 0 Å². The summed E-state index contributed by atoms with van der Waals surface area (Å²) in [7, 11) is 0. The third-order valence-corrected chi connectivity index (χ3v) is 5.91. The highest BCUT2D eigenvalue weighted by Gasteiger charge is 2.12. The lowest BCUT2D eigenvalue weighted by Gasteiger charge is -2.25. The Labute approximate surface area is 192 Å². The number of fused-ring (bicyclic) bond motifs is 3. The van der Waals surface area contributed by atoms with Gasteiger partial charge in [-0.25, -0.2) is 0 Å². The molecule has 0 saturated heterocycles. The van der Waals surface area contributed by atoms with Crippen LogP contribution in [0.5, 0.6) is 0 Å². The molecule has 2 aromatic heterocycles. The minimum atomic E-state index is 0.938. The molecule has 0 N–H and O–H groups in total. The molecule has 156 valence electrons. The molecule has 3 heteroatoms. The second-order valence-electron chi connectivity index (χ2n) is 7.99. The molecule has 6 rings (SSSR count). The lowest BCUT2D eigenvalue weighted by Crippen LogP contribution is -2.09. The van der Waals surface area contributed by atoms with Gasteiger partial charge in [0.15, 0.2) is 0 Å². The Morgan fingerprint density at radius 2 is 1.06 bits per heavy atom. The molecule has 6 aromatic rings. The van der Waals surface area contributed by atoms with Gasteiger partial charge in [-0.3, -0.25) is 9.97 Å². The number of nitrogens with zero attached hydrogens (tertiary/aromatic N) is 3. The van der Waals surface area contributed by atoms with E-state index in [2.05, 4.69) is 107 Å². The van der Waals surface area contributed by atoms with E-state index < -0.39 is 0 Å². The first-order chi connectivity index (χ1) is 16.4. The van der Waals surface area contributed by atoms with Crippen LogP contribution < -0.4 is 4.90 Å². The number of benzene rings is 4. The summed E-state index contributed by atoms with van der Waals surface area (Å²) in [4.78, 5) is 11.6. The molecule has 0 bridgehead atoms. The molecule has 0 radical (unpaired) electrons. The van der Waals surface area contributed by atoms with E-state index in [9.17, 15) is 0 Å². The van der Waals surface area contributed by atoms with Crippen LogP contribution in [0.1, 0.15) is 0 Å². The van der Waals surface area contributed by atoms with Crippen molar-refractivity contribution in [1.29, 1.82) is 0 Å². The maximum Gasteiger partial charge on any atom is 0.0964 e. The zero-order chi connectivity index (χ0) is 22.0. The van der Waals surface area contributed by atoms with Crippen LogP contribution >= 0.6 is 0 Å². The van der Waals surface area contributed by atoms with Gasteiger partial charge in [-0.15, -0.1) is 0 Å². The van der Waals surface area contributed by atoms with Crippen molar-refractivity contribution >= 4 is 38.9 Å². The number of hydrogen-bond acceptors (Lipinski definition) is 3. The Morgan fingerprint density at radius 1 is 0.455 bits per heavy atom. The second-order valence-corrected chi connectivity index (χ2v) is 7.99. The first-order valence-electron chi connectivity index (χ1n) is 11.0. The summed E-state index contributed by atoms with van der Waals surface area (Å²) in [6, 6.07) is 40.0. The minimum absolute atomic E-state index is 0.938. The summed E-state index contributed by atoms with van der Waals surface area (Å²) in [5, 5.41) is 2.20. The maximum atomic E-state index is 4.77. The van der Waals surface area contributed by atoms with E-state index in [1.54, 1.807) is 0 Å². The Hall–Kier alpha value is -4.50. The fraction of sp³-hybridized carbons (Fsp3) is 0. The van der Waals surface area contributed by atoms with Crippen LogP contribution in [0, 0.1) is 0 Å². The Kier molecular flexibility index (Phi) is 4.78. The fourth-order valence-electron chi connectivity index (χ4n) is 4.30. The number of pyridine rings is 2. The van der Waals surface area contributed by atoms with Gasteiger partial charge in [-0.1, -0.05) is 66.7 Å². The summed E-state index contributed by atoms with van der Waals surface area (Å²) in [6.45, 7) is 0. The number of anilines is 3. The molecule has 33 heavy (non-hydrogen) atoms. The lowest BCUT2D eigenvalue weighted by molar-refractivity contribution is 1.28. The highest BCUT2D eigenvalue weighted by atomic mass is 15.1. The van der Waals surface area contributed by atoms with E-state index in [0.29, 0.717) is 0 Å². The number of aromatic nitrogens is 2. The standard InChI is InChI=1S/C30H21N3/c1-3-9-26(10-4-1)33(27-11-5-2-6-12-27)28-17-15-22(16-18-28)25-20-24-14-13-23-8-7-19-31-29(23)30(24)32-21-25/h1-21H. The van der Waals surface area contributed by atoms with Crippen LogP contribution in [-0.4, -0.2) is 9.97 Å². The van der Waals surface area contributed by atoms with E-state index in [0.717, 1.165) is 50.0 Å². The third-order valence-electron chi connectivity index (χ3n) is 5.91. The van der Waals surface area contributed by atoms with Crippen molar-refractivity contribution in [3.63, 3.8) is 0 Å². The SMILES string of the molecule is c1ccc(N(c2ccccc2)c2ccc(-c3cnc4c(ccc5cccnc54)c3)cc2)cc1. The third kappa shape index (κ3) is 3.60. The molecule has 0 aliphatic carbocycles. The van der Waals surface area contributed by atoms with E-state index in [1.165, 1.54) is 0 Å². The van der Waals surface area contributed by atoms with Gasteiger partial charge in [-0.05, 0) is 54.1 Å². The summed E-state index contributed by atoms with van der Waals surface area (Å²) < 4.78 is 0. The fourth-order valence-corrected chi connectivity index (χ4v) is 4.30. The van der Waals surface area contributed by atoms with Crippen LogP contribution in [0.3, 0.4) is 0 Å². The zero-order valence-electron chi connectivity index (χ0n) is 18.0. The Balaban J connectivity index is 1.40. The van der Waals surface area contributed by atoms with Gasteiger partial charge in [0.05, 0.1) is 11.0 Å². The van der Waals surface area contributed by atoms with Crippen LogP contribution in [0.4, 0.5) is 17.1 Å². The van der Waals surface area contributed by atoms with Crippen LogP contribution in [-0.2, 0) is 0 Å². The number of para-hydroxylation sites is 2.